The van der Waals surface area contributed by atoms with E-state index in [1.165, 1.54) is 42.5 Å². The number of anilines is 1. The van der Waals surface area contributed by atoms with Crippen molar-refractivity contribution in [3.05, 3.63) is 52.7 Å². The van der Waals surface area contributed by atoms with Crippen LogP contribution in [-0.2, 0) is 19.5 Å². The minimum absolute atomic E-state index is 0.0148. The third-order valence-corrected chi connectivity index (χ3v) is 7.63. The number of aromatic hydroxyl groups is 1. The molecule has 33 heavy (non-hydrogen) atoms. The second-order valence-electron chi connectivity index (χ2n) is 9.79. The highest BCUT2D eigenvalue weighted by molar-refractivity contribution is 6.01. The van der Waals surface area contributed by atoms with Crippen LogP contribution in [0.15, 0.2) is 30.3 Å². The number of aromatic amines is 1. The molecule has 3 heterocycles. The van der Waals surface area contributed by atoms with Gasteiger partial charge in [0.05, 0.1) is 16.8 Å². The van der Waals surface area contributed by atoms with Gasteiger partial charge >= 0.3 is 0 Å². The number of nitrogens with one attached hydrogen (secondary N) is 2. The summed E-state index contributed by atoms with van der Waals surface area (Å²) in [5.74, 6) is 0.561. The van der Waals surface area contributed by atoms with Crippen molar-refractivity contribution in [2.24, 2.45) is 5.92 Å². The number of phenolic OH excluding ortho intramolecular Hbond substituents is 1. The average Bonchev–Trinajstić information content (AvgIpc) is 3.59. The van der Waals surface area contributed by atoms with Crippen LogP contribution >= 0.6 is 0 Å². The minimum atomic E-state index is -0.123. The lowest BCUT2D eigenvalue weighted by molar-refractivity contribution is 0.0748. The molecule has 7 heteroatoms. The molecular formula is C26H31N5O2. The Balaban J connectivity index is 1.24. The van der Waals surface area contributed by atoms with Gasteiger partial charge in [0.15, 0.2) is 0 Å². The fourth-order valence-corrected chi connectivity index (χ4v) is 5.74. The van der Waals surface area contributed by atoms with E-state index in [9.17, 15) is 9.90 Å². The number of piperazine rings is 1. The monoisotopic (exact) mass is 445 g/mol. The highest BCUT2D eigenvalue weighted by atomic mass is 16.3. The topological polar surface area (TPSA) is 84.5 Å². The van der Waals surface area contributed by atoms with Crippen LogP contribution in [0.3, 0.4) is 0 Å². The highest BCUT2D eigenvalue weighted by Gasteiger charge is 2.28. The van der Waals surface area contributed by atoms with Crippen LogP contribution < -0.4 is 10.2 Å². The summed E-state index contributed by atoms with van der Waals surface area (Å²) in [6, 6.07) is 10.0. The Hall–Kier alpha value is -3.06. The molecule has 3 aliphatic rings. The van der Waals surface area contributed by atoms with Gasteiger partial charge in [-0.15, -0.1) is 0 Å². The molecule has 0 bridgehead atoms. The van der Waals surface area contributed by atoms with E-state index in [4.69, 9.17) is 0 Å². The first-order valence-corrected chi connectivity index (χ1v) is 12.2. The molecule has 1 saturated heterocycles. The van der Waals surface area contributed by atoms with Gasteiger partial charge in [0, 0.05) is 56.4 Å². The average molecular weight is 446 g/mol. The molecule has 6 rings (SSSR count). The van der Waals surface area contributed by atoms with Gasteiger partial charge in [-0.1, -0.05) is 31.7 Å². The second-order valence-corrected chi connectivity index (χ2v) is 9.79. The number of carbonyl (C=O) groups is 1. The molecule has 172 valence electrons. The first-order chi connectivity index (χ1) is 16.2. The van der Waals surface area contributed by atoms with Crippen molar-refractivity contribution in [2.45, 2.75) is 45.2 Å². The fraction of sp³-hybridized carbons (Fsp3) is 0.462. The maximum atomic E-state index is 13.5. The molecule has 0 atom stereocenters. The maximum absolute atomic E-state index is 13.5. The van der Waals surface area contributed by atoms with Gasteiger partial charge in [0.2, 0.25) is 0 Å². The van der Waals surface area contributed by atoms with Crippen LogP contribution in [0.25, 0.3) is 10.9 Å². The van der Waals surface area contributed by atoms with E-state index in [-0.39, 0.29) is 11.7 Å². The third kappa shape index (κ3) is 3.84. The van der Waals surface area contributed by atoms with Crippen LogP contribution in [0.2, 0.25) is 0 Å². The lowest BCUT2D eigenvalue weighted by Gasteiger charge is -2.29. The Morgan fingerprint density at radius 2 is 1.85 bits per heavy atom. The molecule has 3 aromatic rings. The van der Waals surface area contributed by atoms with Gasteiger partial charge in [0.1, 0.15) is 5.75 Å². The molecule has 3 N–H and O–H groups in total. The zero-order chi connectivity index (χ0) is 22.4. The number of H-pyrrole nitrogens is 1. The quantitative estimate of drug-likeness (QED) is 0.572. The van der Waals surface area contributed by atoms with Crippen LogP contribution in [0.5, 0.6) is 5.75 Å². The van der Waals surface area contributed by atoms with Crippen LogP contribution in [0, 0.1) is 5.92 Å². The Kier molecular flexibility index (Phi) is 5.21. The van der Waals surface area contributed by atoms with Crippen molar-refractivity contribution in [3.63, 3.8) is 0 Å². The number of hydrogen-bond donors (Lipinski definition) is 3. The molecule has 1 aromatic heterocycles. The zero-order valence-electron chi connectivity index (χ0n) is 18.9. The van der Waals surface area contributed by atoms with Gasteiger partial charge in [-0.2, -0.15) is 5.10 Å². The van der Waals surface area contributed by atoms with E-state index in [0.717, 1.165) is 49.2 Å². The van der Waals surface area contributed by atoms with Gasteiger partial charge in [0.25, 0.3) is 5.91 Å². The second kappa shape index (κ2) is 8.37. The van der Waals surface area contributed by atoms with Gasteiger partial charge < -0.3 is 20.2 Å². The standard InChI is InChI=1S/C26H31N5O2/c32-25-14-24-21(23(28-29-24)11-17-3-1-2-4-17)13-22(25)26(33)31-15-18-5-6-20(12-19(18)16-31)30-9-7-27-8-10-30/h5-6,12-14,17,27,32H,1-4,7-11,15-16H2,(H,28,29). The molecule has 2 aromatic carbocycles. The van der Waals surface area contributed by atoms with Crippen molar-refractivity contribution in [2.75, 3.05) is 31.1 Å². The van der Waals surface area contributed by atoms with Gasteiger partial charge in [-0.3, -0.25) is 9.89 Å². The number of carbonyl (C=O) groups excluding carboxylic acids is 1. The number of phenols is 1. The van der Waals surface area contributed by atoms with E-state index in [1.54, 1.807) is 6.07 Å². The van der Waals surface area contributed by atoms with Crippen LogP contribution in [0.1, 0.15) is 52.9 Å². The lowest BCUT2D eigenvalue weighted by Crippen LogP contribution is -2.43. The number of nitrogens with zero attached hydrogens (tertiary/aromatic N) is 3. The van der Waals surface area contributed by atoms with Crippen LogP contribution in [0.4, 0.5) is 5.69 Å². The van der Waals surface area contributed by atoms with Crippen molar-refractivity contribution in [1.29, 1.82) is 0 Å². The Morgan fingerprint density at radius 1 is 1.06 bits per heavy atom. The predicted octanol–water partition coefficient (Wildman–Crippen LogP) is 3.57. The van der Waals surface area contributed by atoms with Crippen molar-refractivity contribution in [3.8, 4) is 5.75 Å². The Bertz CT molecular complexity index is 1190. The molecule has 1 amide bonds. The van der Waals surface area contributed by atoms with Crippen molar-refractivity contribution < 1.29 is 9.90 Å². The van der Waals surface area contributed by atoms with E-state index in [0.29, 0.717) is 24.6 Å². The first-order valence-electron chi connectivity index (χ1n) is 12.2. The molecule has 2 fully saturated rings. The predicted molar refractivity (Wildman–Crippen MR) is 129 cm³/mol. The van der Waals surface area contributed by atoms with E-state index in [2.05, 4.69) is 38.6 Å². The molecule has 0 spiro atoms. The molecule has 0 radical (unpaired) electrons. The summed E-state index contributed by atoms with van der Waals surface area (Å²) >= 11 is 0. The molecule has 7 nitrogen and oxygen atoms in total. The Labute approximate surface area is 193 Å². The van der Waals surface area contributed by atoms with Crippen LogP contribution in [-0.4, -0.2) is 52.3 Å². The lowest BCUT2D eigenvalue weighted by atomic mass is 9.99. The van der Waals surface area contributed by atoms with Gasteiger partial charge in [-0.05, 0) is 41.7 Å². The summed E-state index contributed by atoms with van der Waals surface area (Å²) in [5, 5.41) is 22.6. The summed E-state index contributed by atoms with van der Waals surface area (Å²) < 4.78 is 0. The number of rotatable bonds is 4. The zero-order valence-corrected chi connectivity index (χ0v) is 18.9. The number of hydrogen-bond acceptors (Lipinski definition) is 5. The number of fused-ring (bicyclic) bond motifs is 2. The molecule has 1 saturated carbocycles. The summed E-state index contributed by atoms with van der Waals surface area (Å²) in [4.78, 5) is 17.7. The van der Waals surface area contributed by atoms with Gasteiger partial charge in [-0.25, -0.2) is 0 Å². The largest absolute Gasteiger partial charge is 0.507 e. The normalized spacial score (nSPS) is 18.9. The summed E-state index contributed by atoms with van der Waals surface area (Å²) in [6.07, 6.45) is 6.02. The van der Waals surface area contributed by atoms with Crippen molar-refractivity contribution >= 4 is 22.5 Å². The summed E-state index contributed by atoms with van der Waals surface area (Å²) in [6.45, 7) is 5.16. The number of amides is 1. The molecule has 1 aliphatic carbocycles. The Morgan fingerprint density at radius 3 is 2.67 bits per heavy atom. The minimum Gasteiger partial charge on any atom is -0.507 e. The van der Waals surface area contributed by atoms with E-state index in [1.807, 2.05) is 11.0 Å². The highest BCUT2D eigenvalue weighted by Crippen LogP contribution is 2.34. The SMILES string of the molecule is O=C(c1cc2c(CC3CCCC3)n[nH]c2cc1O)N1Cc2ccc(N3CCNCC3)cc2C1. The summed E-state index contributed by atoms with van der Waals surface area (Å²) in [5.41, 5.74) is 5.78. The first kappa shape index (κ1) is 20.5. The van der Waals surface area contributed by atoms with E-state index < -0.39 is 0 Å². The smallest absolute Gasteiger partial charge is 0.258 e. The fourth-order valence-electron chi connectivity index (χ4n) is 5.74. The molecule has 0 unspecified atom stereocenters. The number of aromatic nitrogens is 2. The van der Waals surface area contributed by atoms with E-state index >= 15 is 0 Å². The maximum Gasteiger partial charge on any atom is 0.258 e. The third-order valence-electron chi connectivity index (χ3n) is 7.63. The molecular weight excluding hydrogens is 414 g/mol. The van der Waals surface area contributed by atoms with Crippen molar-refractivity contribution in [1.82, 2.24) is 20.4 Å². The molecule has 2 aliphatic heterocycles. The number of benzene rings is 2. The summed E-state index contributed by atoms with van der Waals surface area (Å²) in [7, 11) is 0.